The standard InChI is InChI=1S/C14H17BrN2O/c1-7-5-10(15)9(6-16)11-8(2)13(18)14(3,4)17-12(7)11/h5,8,13,17-18H,1-4H3. The lowest BCUT2D eigenvalue weighted by molar-refractivity contribution is 0.0867. The summed E-state index contributed by atoms with van der Waals surface area (Å²) in [6.45, 7) is 7.94. The van der Waals surface area contributed by atoms with Crippen LogP contribution in [0.2, 0.25) is 0 Å². The second-order valence-corrected chi connectivity index (χ2v) is 6.39. The first-order valence-electron chi connectivity index (χ1n) is 5.99. The van der Waals surface area contributed by atoms with Gasteiger partial charge in [-0.15, -0.1) is 0 Å². The first-order chi connectivity index (χ1) is 8.29. The number of nitrogens with one attached hydrogen (secondary N) is 1. The van der Waals surface area contributed by atoms with Gasteiger partial charge in [-0.1, -0.05) is 6.92 Å². The minimum absolute atomic E-state index is 0.0675. The predicted molar refractivity (Wildman–Crippen MR) is 75.7 cm³/mol. The molecule has 0 radical (unpaired) electrons. The van der Waals surface area contributed by atoms with Crippen LogP contribution in [0.4, 0.5) is 5.69 Å². The summed E-state index contributed by atoms with van der Waals surface area (Å²) >= 11 is 3.43. The molecule has 3 nitrogen and oxygen atoms in total. The minimum atomic E-state index is -0.522. The fraction of sp³-hybridized carbons (Fsp3) is 0.500. The Labute approximate surface area is 116 Å². The second-order valence-electron chi connectivity index (χ2n) is 5.53. The Morgan fingerprint density at radius 3 is 2.67 bits per heavy atom. The first kappa shape index (κ1) is 13.4. The van der Waals surface area contributed by atoms with Gasteiger partial charge in [-0.25, -0.2) is 0 Å². The quantitative estimate of drug-likeness (QED) is 0.773. The van der Waals surface area contributed by atoms with E-state index in [9.17, 15) is 10.4 Å². The Morgan fingerprint density at radius 1 is 1.50 bits per heavy atom. The monoisotopic (exact) mass is 308 g/mol. The van der Waals surface area contributed by atoms with E-state index in [2.05, 4.69) is 27.3 Å². The largest absolute Gasteiger partial charge is 0.390 e. The van der Waals surface area contributed by atoms with Crippen molar-refractivity contribution in [1.82, 2.24) is 0 Å². The summed E-state index contributed by atoms with van der Waals surface area (Å²) < 4.78 is 0.793. The number of fused-ring (bicyclic) bond motifs is 1. The molecule has 1 aromatic carbocycles. The van der Waals surface area contributed by atoms with E-state index in [0.717, 1.165) is 21.3 Å². The van der Waals surface area contributed by atoms with Gasteiger partial charge in [0.15, 0.2) is 0 Å². The molecule has 0 aliphatic carbocycles. The van der Waals surface area contributed by atoms with Crippen LogP contribution in [0.5, 0.6) is 0 Å². The zero-order valence-electron chi connectivity index (χ0n) is 11.0. The molecule has 1 aliphatic rings. The molecule has 4 heteroatoms. The average Bonchev–Trinajstić information content (AvgIpc) is 2.28. The maximum absolute atomic E-state index is 10.4. The molecule has 0 bridgehead atoms. The number of hydrogen-bond acceptors (Lipinski definition) is 3. The highest BCUT2D eigenvalue weighted by molar-refractivity contribution is 9.10. The molecule has 2 N–H and O–H groups in total. The topological polar surface area (TPSA) is 56.0 Å². The molecule has 0 saturated carbocycles. The number of nitriles is 1. The predicted octanol–water partition coefficient (Wildman–Crippen LogP) is 3.30. The van der Waals surface area contributed by atoms with E-state index < -0.39 is 11.6 Å². The van der Waals surface area contributed by atoms with E-state index in [-0.39, 0.29) is 5.92 Å². The minimum Gasteiger partial charge on any atom is -0.390 e. The Bertz CT molecular complexity index is 546. The summed E-state index contributed by atoms with van der Waals surface area (Å²) in [6.07, 6.45) is -0.522. The van der Waals surface area contributed by atoms with Crippen LogP contribution >= 0.6 is 15.9 Å². The van der Waals surface area contributed by atoms with Crippen molar-refractivity contribution in [2.75, 3.05) is 5.32 Å². The Hall–Kier alpha value is -1.05. The van der Waals surface area contributed by atoms with E-state index in [4.69, 9.17) is 0 Å². The van der Waals surface area contributed by atoms with Gasteiger partial charge in [-0.05, 0) is 53.9 Å². The van der Waals surface area contributed by atoms with Crippen molar-refractivity contribution >= 4 is 21.6 Å². The molecule has 0 fully saturated rings. The number of aliphatic hydroxyl groups is 1. The van der Waals surface area contributed by atoms with Crippen molar-refractivity contribution < 1.29 is 5.11 Å². The van der Waals surface area contributed by atoms with Crippen molar-refractivity contribution in [1.29, 1.82) is 5.26 Å². The number of hydrogen-bond donors (Lipinski definition) is 2. The third-order valence-electron chi connectivity index (χ3n) is 3.74. The van der Waals surface area contributed by atoms with Crippen molar-refractivity contribution in [2.45, 2.75) is 45.3 Å². The van der Waals surface area contributed by atoms with Gasteiger partial charge in [0.2, 0.25) is 0 Å². The summed E-state index contributed by atoms with van der Waals surface area (Å²) in [7, 11) is 0. The second kappa shape index (κ2) is 4.25. The SMILES string of the molecule is Cc1cc(Br)c(C#N)c2c1NC(C)(C)C(O)C2C. The molecule has 2 atom stereocenters. The summed E-state index contributed by atoms with van der Waals surface area (Å²) in [6, 6.07) is 4.18. The maximum Gasteiger partial charge on any atom is 0.101 e. The van der Waals surface area contributed by atoms with E-state index in [1.165, 1.54) is 0 Å². The van der Waals surface area contributed by atoms with Gasteiger partial charge >= 0.3 is 0 Å². The van der Waals surface area contributed by atoms with Gasteiger partial charge < -0.3 is 10.4 Å². The summed E-state index contributed by atoms with van der Waals surface area (Å²) in [5.74, 6) is -0.0675. The lowest BCUT2D eigenvalue weighted by Crippen LogP contribution is -2.50. The van der Waals surface area contributed by atoms with Crippen LogP contribution < -0.4 is 5.32 Å². The van der Waals surface area contributed by atoms with E-state index in [0.29, 0.717) is 5.56 Å². The van der Waals surface area contributed by atoms with Crippen LogP contribution in [0, 0.1) is 18.3 Å². The fourth-order valence-electron chi connectivity index (χ4n) is 2.71. The maximum atomic E-state index is 10.4. The molecule has 96 valence electrons. The Kier molecular flexibility index (Phi) is 3.16. The molecule has 0 aromatic heterocycles. The lowest BCUT2D eigenvalue weighted by Gasteiger charge is -2.43. The van der Waals surface area contributed by atoms with Crippen molar-refractivity contribution in [3.05, 3.63) is 27.2 Å². The number of aryl methyl sites for hydroxylation is 1. The molecule has 0 amide bonds. The molecular formula is C14H17BrN2O. The molecular weight excluding hydrogens is 292 g/mol. The summed E-state index contributed by atoms with van der Waals surface area (Å²) in [4.78, 5) is 0. The van der Waals surface area contributed by atoms with Crippen LogP contribution in [-0.2, 0) is 0 Å². The van der Waals surface area contributed by atoms with Crippen LogP contribution in [0.15, 0.2) is 10.5 Å². The number of nitrogens with zero attached hydrogens (tertiary/aromatic N) is 1. The third-order valence-corrected chi connectivity index (χ3v) is 4.37. The van der Waals surface area contributed by atoms with E-state index >= 15 is 0 Å². The normalized spacial score (nSPS) is 24.9. The van der Waals surface area contributed by atoms with Crippen molar-refractivity contribution in [3.63, 3.8) is 0 Å². The van der Waals surface area contributed by atoms with Gasteiger partial charge in [0.05, 0.1) is 17.2 Å². The van der Waals surface area contributed by atoms with Crippen LogP contribution in [0.25, 0.3) is 0 Å². The molecule has 0 spiro atoms. The third kappa shape index (κ3) is 1.82. The molecule has 1 aromatic rings. The van der Waals surface area contributed by atoms with Gasteiger partial charge in [0.25, 0.3) is 0 Å². The smallest absolute Gasteiger partial charge is 0.101 e. The molecule has 0 saturated heterocycles. The Morgan fingerprint density at radius 2 is 2.11 bits per heavy atom. The summed E-state index contributed by atoms with van der Waals surface area (Å²) in [5, 5.41) is 23.0. The van der Waals surface area contributed by atoms with Crippen LogP contribution in [0.1, 0.15) is 43.4 Å². The molecule has 18 heavy (non-hydrogen) atoms. The van der Waals surface area contributed by atoms with Gasteiger partial charge in [0, 0.05) is 16.1 Å². The number of aliphatic hydroxyl groups excluding tert-OH is 1. The number of benzene rings is 1. The number of rotatable bonds is 0. The molecule has 1 aliphatic heterocycles. The van der Waals surface area contributed by atoms with E-state index in [1.54, 1.807) is 0 Å². The zero-order chi connectivity index (χ0) is 13.7. The van der Waals surface area contributed by atoms with Crippen LogP contribution in [0.3, 0.4) is 0 Å². The highest BCUT2D eigenvalue weighted by Crippen LogP contribution is 2.44. The fourth-order valence-corrected chi connectivity index (χ4v) is 3.36. The molecule has 2 unspecified atom stereocenters. The van der Waals surface area contributed by atoms with Crippen LogP contribution in [-0.4, -0.2) is 16.7 Å². The van der Waals surface area contributed by atoms with E-state index in [1.807, 2.05) is 33.8 Å². The van der Waals surface area contributed by atoms with Crippen molar-refractivity contribution in [2.24, 2.45) is 0 Å². The average molecular weight is 309 g/mol. The molecule has 2 rings (SSSR count). The number of halogens is 1. The molecule has 1 heterocycles. The lowest BCUT2D eigenvalue weighted by atomic mass is 9.76. The Balaban J connectivity index is 2.75. The number of anilines is 1. The van der Waals surface area contributed by atoms with Crippen molar-refractivity contribution in [3.8, 4) is 6.07 Å². The van der Waals surface area contributed by atoms with Gasteiger partial charge in [-0.2, -0.15) is 5.26 Å². The van der Waals surface area contributed by atoms with Gasteiger partial charge in [-0.3, -0.25) is 0 Å². The first-order valence-corrected chi connectivity index (χ1v) is 6.78. The summed E-state index contributed by atoms with van der Waals surface area (Å²) in [5.41, 5.74) is 3.21. The highest BCUT2D eigenvalue weighted by atomic mass is 79.9. The highest BCUT2D eigenvalue weighted by Gasteiger charge is 2.40. The zero-order valence-corrected chi connectivity index (χ0v) is 12.6. The van der Waals surface area contributed by atoms with Gasteiger partial charge in [0.1, 0.15) is 6.07 Å².